The number of furan rings is 1. The van der Waals surface area contributed by atoms with Crippen molar-refractivity contribution in [2.24, 2.45) is 0 Å². The summed E-state index contributed by atoms with van der Waals surface area (Å²) in [5, 5.41) is 3.20. The van der Waals surface area contributed by atoms with Crippen LogP contribution in [0, 0.1) is 0 Å². The predicted molar refractivity (Wildman–Crippen MR) is 61.8 cm³/mol. The first kappa shape index (κ1) is 12.6. The van der Waals surface area contributed by atoms with Crippen LogP contribution in [-0.2, 0) is 20.8 Å². The fourth-order valence-electron chi connectivity index (χ4n) is 1.99. The van der Waals surface area contributed by atoms with E-state index in [1.807, 2.05) is 19.2 Å². The number of hydrogen-bond acceptors (Lipinski definition) is 5. The summed E-state index contributed by atoms with van der Waals surface area (Å²) in [6, 6.07) is 3.89. The Balaban J connectivity index is 2.04. The molecule has 0 radical (unpaired) electrons. The van der Waals surface area contributed by atoms with Crippen LogP contribution >= 0.6 is 0 Å². The van der Waals surface area contributed by atoms with E-state index in [0.717, 1.165) is 11.5 Å². The van der Waals surface area contributed by atoms with Crippen molar-refractivity contribution in [1.29, 1.82) is 0 Å². The molecule has 0 saturated carbocycles. The maximum Gasteiger partial charge on any atom is 0.129 e. The van der Waals surface area contributed by atoms with Crippen LogP contribution in [0.2, 0.25) is 0 Å². The molecule has 0 aromatic carbocycles. The second kappa shape index (κ2) is 6.16. The molecule has 2 atom stereocenters. The van der Waals surface area contributed by atoms with Crippen molar-refractivity contribution in [1.82, 2.24) is 5.32 Å². The Kier molecular flexibility index (Phi) is 4.56. The Morgan fingerprint density at radius 1 is 1.47 bits per heavy atom. The summed E-state index contributed by atoms with van der Waals surface area (Å²) in [5.41, 5.74) is 0. The van der Waals surface area contributed by atoms with Crippen LogP contribution in [-0.4, -0.2) is 40.1 Å². The number of rotatable bonds is 5. The minimum absolute atomic E-state index is 0.00436. The van der Waals surface area contributed by atoms with Gasteiger partial charge in [-0.15, -0.1) is 0 Å². The third-order valence-corrected chi connectivity index (χ3v) is 2.80. The Morgan fingerprint density at radius 2 is 2.35 bits per heavy atom. The topological polar surface area (TPSA) is 52.9 Å². The van der Waals surface area contributed by atoms with E-state index >= 15 is 0 Å². The fraction of sp³-hybridized carbons (Fsp3) is 0.667. The summed E-state index contributed by atoms with van der Waals surface area (Å²) in [7, 11) is 3.54. The van der Waals surface area contributed by atoms with Gasteiger partial charge in [-0.05, 0) is 19.2 Å². The maximum atomic E-state index is 5.71. The van der Waals surface area contributed by atoms with Gasteiger partial charge < -0.3 is 23.9 Å². The molecule has 0 amide bonds. The van der Waals surface area contributed by atoms with Crippen LogP contribution in [0.5, 0.6) is 0 Å². The van der Waals surface area contributed by atoms with Gasteiger partial charge in [0.15, 0.2) is 0 Å². The van der Waals surface area contributed by atoms with Crippen LogP contribution in [0.4, 0.5) is 0 Å². The molecule has 0 spiro atoms. The van der Waals surface area contributed by atoms with Crippen molar-refractivity contribution in [3.63, 3.8) is 0 Å². The number of hydrogen-bond donors (Lipinski definition) is 1. The van der Waals surface area contributed by atoms with Gasteiger partial charge in [0, 0.05) is 7.11 Å². The molecular weight excluding hydrogens is 222 g/mol. The van der Waals surface area contributed by atoms with E-state index in [4.69, 9.17) is 18.6 Å². The van der Waals surface area contributed by atoms with Gasteiger partial charge in [-0.25, -0.2) is 0 Å². The first-order valence-electron chi connectivity index (χ1n) is 5.79. The Labute approximate surface area is 101 Å². The van der Waals surface area contributed by atoms with Gasteiger partial charge in [0.1, 0.15) is 24.2 Å². The van der Waals surface area contributed by atoms with E-state index in [2.05, 4.69) is 5.32 Å². The third-order valence-electron chi connectivity index (χ3n) is 2.80. The van der Waals surface area contributed by atoms with Crippen LogP contribution in [0.15, 0.2) is 16.5 Å². The van der Waals surface area contributed by atoms with Crippen LogP contribution in [0.1, 0.15) is 17.6 Å². The van der Waals surface area contributed by atoms with Crippen molar-refractivity contribution < 1.29 is 18.6 Å². The lowest BCUT2D eigenvalue weighted by atomic mass is 10.1. The van der Waals surface area contributed by atoms with Crippen LogP contribution in [0.25, 0.3) is 0 Å². The van der Waals surface area contributed by atoms with E-state index in [1.54, 1.807) is 7.11 Å². The molecule has 5 nitrogen and oxygen atoms in total. The smallest absolute Gasteiger partial charge is 0.129 e. The number of nitrogens with one attached hydrogen (secondary N) is 1. The highest BCUT2D eigenvalue weighted by Crippen LogP contribution is 2.23. The van der Waals surface area contributed by atoms with Gasteiger partial charge in [-0.2, -0.15) is 0 Å². The van der Waals surface area contributed by atoms with Crippen LogP contribution in [0.3, 0.4) is 0 Å². The van der Waals surface area contributed by atoms with E-state index in [-0.39, 0.29) is 12.1 Å². The standard InChI is InChI=1S/C12H19NO4/c1-13-12(11-8-15-5-6-16-11)10-4-3-9(17-10)7-14-2/h3-4,11-13H,5-8H2,1-2H3. The molecule has 1 aliphatic heterocycles. The quantitative estimate of drug-likeness (QED) is 0.836. The molecule has 1 aromatic heterocycles. The average Bonchev–Trinajstić information content (AvgIpc) is 2.81. The molecule has 1 saturated heterocycles. The number of ether oxygens (including phenoxy) is 3. The van der Waals surface area contributed by atoms with Gasteiger partial charge in [0.25, 0.3) is 0 Å². The van der Waals surface area contributed by atoms with Gasteiger partial charge in [0.2, 0.25) is 0 Å². The molecule has 1 N–H and O–H groups in total. The summed E-state index contributed by atoms with van der Waals surface area (Å²) >= 11 is 0. The summed E-state index contributed by atoms with van der Waals surface area (Å²) in [6.07, 6.45) is -0.00436. The molecule has 2 heterocycles. The number of likely N-dealkylation sites (N-methyl/N-ethyl adjacent to an activating group) is 1. The lowest BCUT2D eigenvalue weighted by Crippen LogP contribution is -2.39. The van der Waals surface area contributed by atoms with Crippen molar-refractivity contribution >= 4 is 0 Å². The van der Waals surface area contributed by atoms with Crippen molar-refractivity contribution in [2.75, 3.05) is 34.0 Å². The molecule has 1 aliphatic rings. The normalized spacial score (nSPS) is 22.6. The lowest BCUT2D eigenvalue weighted by Gasteiger charge is -2.28. The summed E-state index contributed by atoms with van der Waals surface area (Å²) in [4.78, 5) is 0. The molecule has 96 valence electrons. The fourth-order valence-corrected chi connectivity index (χ4v) is 1.99. The van der Waals surface area contributed by atoms with E-state index in [0.29, 0.717) is 26.4 Å². The molecule has 5 heteroatoms. The summed E-state index contributed by atoms with van der Waals surface area (Å²) in [5.74, 6) is 1.68. The summed E-state index contributed by atoms with van der Waals surface area (Å²) in [6.45, 7) is 2.37. The Morgan fingerprint density at radius 3 is 3.00 bits per heavy atom. The lowest BCUT2D eigenvalue weighted by molar-refractivity contribution is -0.104. The highest BCUT2D eigenvalue weighted by Gasteiger charge is 2.27. The first-order valence-corrected chi connectivity index (χ1v) is 5.79. The van der Waals surface area contributed by atoms with E-state index in [9.17, 15) is 0 Å². The Bertz CT molecular complexity index is 333. The molecule has 0 aliphatic carbocycles. The third kappa shape index (κ3) is 3.07. The zero-order valence-electron chi connectivity index (χ0n) is 10.3. The van der Waals surface area contributed by atoms with Crippen LogP contribution < -0.4 is 5.32 Å². The second-order valence-corrected chi connectivity index (χ2v) is 3.99. The zero-order chi connectivity index (χ0) is 12.1. The maximum absolute atomic E-state index is 5.71. The van der Waals surface area contributed by atoms with E-state index < -0.39 is 0 Å². The predicted octanol–water partition coefficient (Wildman–Crippen LogP) is 1.10. The average molecular weight is 241 g/mol. The molecule has 17 heavy (non-hydrogen) atoms. The Hall–Kier alpha value is -0.880. The zero-order valence-corrected chi connectivity index (χ0v) is 10.3. The highest BCUT2D eigenvalue weighted by molar-refractivity contribution is 5.12. The van der Waals surface area contributed by atoms with Crippen molar-refractivity contribution in [3.05, 3.63) is 23.7 Å². The minimum atomic E-state index is -0.00436. The molecule has 2 unspecified atom stereocenters. The SMILES string of the molecule is CNC(c1ccc(COC)o1)C1COCCO1. The van der Waals surface area contributed by atoms with Gasteiger partial charge >= 0.3 is 0 Å². The molecular formula is C12H19NO4. The van der Waals surface area contributed by atoms with E-state index in [1.165, 1.54) is 0 Å². The van der Waals surface area contributed by atoms with Gasteiger partial charge in [0.05, 0.1) is 25.9 Å². The number of methoxy groups -OCH3 is 1. The first-order chi connectivity index (χ1) is 8.35. The molecule has 1 aromatic rings. The highest BCUT2D eigenvalue weighted by atomic mass is 16.6. The molecule has 1 fully saturated rings. The largest absolute Gasteiger partial charge is 0.462 e. The van der Waals surface area contributed by atoms with Crippen molar-refractivity contribution in [3.8, 4) is 0 Å². The minimum Gasteiger partial charge on any atom is -0.462 e. The van der Waals surface area contributed by atoms with Gasteiger partial charge in [-0.3, -0.25) is 0 Å². The van der Waals surface area contributed by atoms with Crippen molar-refractivity contribution in [2.45, 2.75) is 18.8 Å². The molecule has 2 rings (SSSR count). The second-order valence-electron chi connectivity index (χ2n) is 3.99. The van der Waals surface area contributed by atoms with Gasteiger partial charge in [-0.1, -0.05) is 0 Å². The molecule has 0 bridgehead atoms. The summed E-state index contributed by atoms with van der Waals surface area (Å²) < 4.78 is 21.8. The monoisotopic (exact) mass is 241 g/mol.